The number of benzene rings is 1. The zero-order chi connectivity index (χ0) is 25.6. The number of fused-ring (bicyclic) bond motifs is 2. The molecule has 0 bridgehead atoms. The highest BCUT2D eigenvalue weighted by atomic mass is 32.2. The molecule has 1 N–H and O–H groups in total. The Morgan fingerprint density at radius 1 is 1.14 bits per heavy atom. The van der Waals surface area contributed by atoms with Crippen LogP contribution in [0.4, 0.5) is 0 Å². The predicted octanol–water partition coefficient (Wildman–Crippen LogP) is 5.02. The molecular formula is C29H35N3O3S. The summed E-state index contributed by atoms with van der Waals surface area (Å²) < 4.78 is 1.78. The van der Waals surface area contributed by atoms with Crippen molar-refractivity contribution in [3.63, 3.8) is 0 Å². The number of rotatable bonds is 5. The number of hydrogen-bond donors (Lipinski definition) is 1. The first-order chi connectivity index (χ1) is 17.3. The number of allylic oxidation sites excluding steroid dienone is 3. The van der Waals surface area contributed by atoms with Crippen LogP contribution in [-0.4, -0.2) is 44.8 Å². The van der Waals surface area contributed by atoms with Crippen molar-refractivity contribution < 1.29 is 9.90 Å². The SMILES string of the molecule is CSCCC1N(C(C)C)C(=O)c2c(O)c(=O)ccn2N1C1C2=C(C=CC(C)C2)CCc2ccccc21. The van der Waals surface area contributed by atoms with E-state index < -0.39 is 11.2 Å². The van der Waals surface area contributed by atoms with Crippen LogP contribution in [0.5, 0.6) is 5.75 Å². The molecule has 3 unspecified atom stereocenters. The Labute approximate surface area is 217 Å². The van der Waals surface area contributed by atoms with Gasteiger partial charge in [-0.3, -0.25) is 19.3 Å². The van der Waals surface area contributed by atoms with Gasteiger partial charge in [0.05, 0.1) is 6.04 Å². The monoisotopic (exact) mass is 505 g/mol. The van der Waals surface area contributed by atoms with Gasteiger partial charge in [-0.05, 0) is 79.7 Å². The van der Waals surface area contributed by atoms with Gasteiger partial charge in [-0.1, -0.05) is 43.3 Å². The van der Waals surface area contributed by atoms with Gasteiger partial charge < -0.3 is 10.0 Å². The zero-order valence-corrected chi connectivity index (χ0v) is 22.3. The summed E-state index contributed by atoms with van der Waals surface area (Å²) in [6.45, 7) is 6.26. The summed E-state index contributed by atoms with van der Waals surface area (Å²) in [6.07, 6.45) is 11.8. The molecular weight excluding hydrogens is 470 g/mol. The number of pyridine rings is 1. The Hall–Kier alpha value is -2.93. The van der Waals surface area contributed by atoms with Crippen LogP contribution in [0.25, 0.3) is 0 Å². The zero-order valence-electron chi connectivity index (χ0n) is 21.5. The normalized spacial score (nSPS) is 23.5. The van der Waals surface area contributed by atoms with Gasteiger partial charge in [0.15, 0.2) is 11.4 Å². The van der Waals surface area contributed by atoms with E-state index in [1.807, 2.05) is 18.7 Å². The molecule has 1 aromatic heterocycles. The van der Waals surface area contributed by atoms with Crippen LogP contribution < -0.4 is 10.4 Å². The Bertz CT molecular complexity index is 1290. The maximum atomic E-state index is 13.8. The van der Waals surface area contributed by atoms with Crippen molar-refractivity contribution in [1.29, 1.82) is 0 Å². The third-order valence-corrected chi connectivity index (χ3v) is 8.33. The first kappa shape index (κ1) is 24.8. The Kier molecular flexibility index (Phi) is 6.77. The molecule has 2 heterocycles. The molecule has 1 aromatic carbocycles. The molecule has 0 radical (unpaired) electrons. The highest BCUT2D eigenvalue weighted by Crippen LogP contribution is 2.45. The summed E-state index contributed by atoms with van der Waals surface area (Å²) in [5.74, 6) is 0.524. The number of hydrogen-bond acceptors (Lipinski definition) is 5. The minimum Gasteiger partial charge on any atom is -0.502 e. The molecule has 190 valence electrons. The van der Waals surface area contributed by atoms with Gasteiger partial charge in [0.25, 0.3) is 5.91 Å². The minimum atomic E-state index is -0.531. The Morgan fingerprint density at radius 3 is 2.67 bits per heavy atom. The van der Waals surface area contributed by atoms with Gasteiger partial charge in [0.2, 0.25) is 5.43 Å². The van der Waals surface area contributed by atoms with Gasteiger partial charge in [-0.25, -0.2) is 0 Å². The number of nitrogens with zero attached hydrogens (tertiary/aromatic N) is 3. The second-order valence-corrected chi connectivity index (χ2v) is 11.3. The molecule has 36 heavy (non-hydrogen) atoms. The van der Waals surface area contributed by atoms with Gasteiger partial charge >= 0.3 is 0 Å². The highest BCUT2D eigenvalue weighted by molar-refractivity contribution is 7.98. The van der Waals surface area contributed by atoms with Crippen LogP contribution in [0, 0.1) is 5.92 Å². The van der Waals surface area contributed by atoms with E-state index in [4.69, 9.17) is 0 Å². The smallest absolute Gasteiger partial charge is 0.278 e. The summed E-state index contributed by atoms with van der Waals surface area (Å²) in [6, 6.07) is 9.77. The minimum absolute atomic E-state index is 0.0554. The largest absolute Gasteiger partial charge is 0.502 e. The summed E-state index contributed by atoms with van der Waals surface area (Å²) in [4.78, 5) is 28.2. The van der Waals surface area contributed by atoms with E-state index in [9.17, 15) is 14.7 Å². The average Bonchev–Trinajstić information content (AvgIpc) is 3.01. The van der Waals surface area contributed by atoms with Crippen LogP contribution in [0.1, 0.15) is 67.7 Å². The lowest BCUT2D eigenvalue weighted by Gasteiger charge is -2.52. The van der Waals surface area contributed by atoms with Crippen molar-refractivity contribution >= 4 is 17.7 Å². The molecule has 2 aromatic rings. The van der Waals surface area contributed by atoms with E-state index in [2.05, 4.69) is 54.6 Å². The molecule has 3 aliphatic rings. The standard InChI is InChI=1S/C29H35N3O3S/c1-18(2)31-25(14-16-36-4)32(30-15-13-24(33)28(34)27(30)29(31)35)26-22-8-6-5-7-20(22)11-12-21-10-9-19(3)17-23(21)26/h5-10,13,15,18-19,25-26,34H,11-12,14,16-17H2,1-4H3. The maximum Gasteiger partial charge on any atom is 0.278 e. The van der Waals surface area contributed by atoms with Crippen molar-refractivity contribution in [3.05, 3.63) is 86.9 Å². The topological polar surface area (TPSA) is 65.8 Å². The highest BCUT2D eigenvalue weighted by Gasteiger charge is 2.45. The fourth-order valence-corrected chi connectivity index (χ4v) is 6.51. The number of aromatic nitrogens is 1. The van der Waals surface area contributed by atoms with Crippen molar-refractivity contribution in [2.24, 2.45) is 5.92 Å². The first-order valence-corrected chi connectivity index (χ1v) is 14.3. The second kappa shape index (κ2) is 9.85. The van der Waals surface area contributed by atoms with E-state index in [-0.39, 0.29) is 29.9 Å². The van der Waals surface area contributed by atoms with E-state index in [1.54, 1.807) is 22.6 Å². The molecule has 6 nitrogen and oxygen atoms in total. The molecule has 0 saturated carbocycles. The molecule has 7 heteroatoms. The van der Waals surface area contributed by atoms with Crippen molar-refractivity contribution in [2.75, 3.05) is 17.0 Å². The molecule has 1 amide bonds. The number of aromatic hydroxyl groups is 1. The average molecular weight is 506 g/mol. The molecule has 2 aliphatic carbocycles. The van der Waals surface area contributed by atoms with Gasteiger partial charge in [-0.2, -0.15) is 11.8 Å². The Balaban J connectivity index is 1.82. The van der Waals surface area contributed by atoms with Crippen LogP contribution in [0.15, 0.2) is 64.6 Å². The van der Waals surface area contributed by atoms with E-state index in [1.165, 1.54) is 28.3 Å². The van der Waals surface area contributed by atoms with Crippen molar-refractivity contribution in [2.45, 2.75) is 64.7 Å². The molecule has 1 aliphatic heterocycles. The van der Waals surface area contributed by atoms with Crippen molar-refractivity contribution in [1.82, 2.24) is 9.58 Å². The summed E-state index contributed by atoms with van der Waals surface area (Å²) >= 11 is 1.76. The Morgan fingerprint density at radius 2 is 1.92 bits per heavy atom. The van der Waals surface area contributed by atoms with Gasteiger partial charge in [0, 0.05) is 18.3 Å². The number of thioether (sulfide) groups is 1. The van der Waals surface area contributed by atoms with Gasteiger partial charge in [0.1, 0.15) is 6.17 Å². The fourth-order valence-electron chi connectivity index (χ4n) is 6.06. The van der Waals surface area contributed by atoms with Crippen LogP contribution >= 0.6 is 11.8 Å². The van der Waals surface area contributed by atoms with Crippen molar-refractivity contribution in [3.8, 4) is 5.75 Å². The molecule has 0 saturated heterocycles. The van der Waals surface area contributed by atoms with E-state index in [0.29, 0.717) is 5.92 Å². The second-order valence-electron chi connectivity index (χ2n) is 10.4. The fraction of sp³-hybridized carbons (Fsp3) is 0.448. The molecule has 0 fully saturated rings. The lowest BCUT2D eigenvalue weighted by Crippen LogP contribution is -2.64. The molecule has 0 spiro atoms. The number of carbonyl (C=O) groups excluding carboxylic acids is 1. The quantitative estimate of drug-likeness (QED) is 0.619. The van der Waals surface area contributed by atoms with Gasteiger partial charge in [-0.15, -0.1) is 0 Å². The molecule has 5 rings (SSSR count). The lowest BCUT2D eigenvalue weighted by atomic mass is 9.83. The number of amides is 1. The predicted molar refractivity (Wildman–Crippen MR) is 146 cm³/mol. The molecule has 3 atom stereocenters. The summed E-state index contributed by atoms with van der Waals surface area (Å²) in [5, 5.41) is 13.2. The van der Waals surface area contributed by atoms with E-state index >= 15 is 0 Å². The van der Waals surface area contributed by atoms with Crippen LogP contribution in [-0.2, 0) is 6.42 Å². The van der Waals surface area contributed by atoms with Crippen LogP contribution in [0.2, 0.25) is 0 Å². The van der Waals surface area contributed by atoms with Crippen LogP contribution in [0.3, 0.4) is 0 Å². The lowest BCUT2D eigenvalue weighted by molar-refractivity contribution is 0.0456. The first-order valence-electron chi connectivity index (χ1n) is 12.9. The maximum absolute atomic E-state index is 13.8. The number of aryl methyl sites for hydroxylation is 1. The summed E-state index contributed by atoms with van der Waals surface area (Å²) in [7, 11) is 0. The third kappa shape index (κ3) is 4.07. The van der Waals surface area contributed by atoms with E-state index in [0.717, 1.165) is 31.4 Å². The summed E-state index contributed by atoms with van der Waals surface area (Å²) in [5.41, 5.74) is 4.79. The number of carbonyl (C=O) groups is 1. The third-order valence-electron chi connectivity index (χ3n) is 7.69.